The van der Waals surface area contributed by atoms with Crippen molar-refractivity contribution in [2.75, 3.05) is 0 Å². The molecular weight excluding hydrogens is 132 g/mol. The molecule has 1 heterocycles. The number of aliphatic hydroxyl groups is 2. The fourth-order valence-electron chi connectivity index (χ4n) is 0.722. The van der Waals surface area contributed by atoms with Crippen molar-refractivity contribution in [3.05, 3.63) is 24.2 Å². The number of rotatable bonds is 2. The molecule has 0 saturated carbocycles. The van der Waals surface area contributed by atoms with Gasteiger partial charge in [-0.2, -0.15) is 0 Å². The average molecular weight is 142 g/mol. The quantitative estimate of drug-likeness (QED) is 0.638. The monoisotopic (exact) mass is 142 g/mol. The van der Waals surface area contributed by atoms with Crippen LogP contribution in [-0.2, 0) is 0 Å². The molecule has 1 rings (SSSR count). The maximum atomic E-state index is 9.18. The molecule has 3 heteroatoms. The molecule has 0 aliphatic carbocycles. The van der Waals surface area contributed by atoms with Crippen LogP contribution in [0.5, 0.6) is 0 Å². The van der Waals surface area contributed by atoms with Gasteiger partial charge in [-0.1, -0.05) is 0 Å². The van der Waals surface area contributed by atoms with E-state index in [4.69, 9.17) is 9.52 Å². The van der Waals surface area contributed by atoms with E-state index in [1.807, 2.05) is 0 Å². The Hall–Kier alpha value is -0.800. The van der Waals surface area contributed by atoms with Gasteiger partial charge in [0.05, 0.1) is 18.6 Å². The standard InChI is InChI=1S/C7H10O3/c1-5(8)7(9)6-2-3-10-4-6/h2-5,7-9H,1H3. The Morgan fingerprint density at radius 1 is 1.50 bits per heavy atom. The highest BCUT2D eigenvalue weighted by Crippen LogP contribution is 2.15. The Balaban J connectivity index is 2.68. The molecule has 1 aromatic rings. The van der Waals surface area contributed by atoms with Gasteiger partial charge < -0.3 is 14.6 Å². The van der Waals surface area contributed by atoms with E-state index in [-0.39, 0.29) is 0 Å². The van der Waals surface area contributed by atoms with Crippen molar-refractivity contribution >= 4 is 0 Å². The van der Waals surface area contributed by atoms with Crippen molar-refractivity contribution in [2.24, 2.45) is 0 Å². The van der Waals surface area contributed by atoms with Crippen LogP contribution in [0.25, 0.3) is 0 Å². The number of hydrogen-bond acceptors (Lipinski definition) is 3. The Morgan fingerprint density at radius 2 is 2.20 bits per heavy atom. The summed E-state index contributed by atoms with van der Waals surface area (Å²) >= 11 is 0. The summed E-state index contributed by atoms with van der Waals surface area (Å²) in [6.45, 7) is 1.53. The molecule has 2 atom stereocenters. The minimum Gasteiger partial charge on any atom is -0.472 e. The smallest absolute Gasteiger partial charge is 0.108 e. The summed E-state index contributed by atoms with van der Waals surface area (Å²) in [7, 11) is 0. The van der Waals surface area contributed by atoms with Gasteiger partial charge in [0.15, 0.2) is 0 Å². The normalized spacial score (nSPS) is 16.7. The van der Waals surface area contributed by atoms with Gasteiger partial charge in [0.25, 0.3) is 0 Å². The van der Waals surface area contributed by atoms with Gasteiger partial charge in [0.2, 0.25) is 0 Å². The van der Waals surface area contributed by atoms with Gasteiger partial charge >= 0.3 is 0 Å². The predicted octanol–water partition coefficient (Wildman–Crippen LogP) is 0.694. The Kier molecular flexibility index (Phi) is 2.09. The maximum Gasteiger partial charge on any atom is 0.108 e. The summed E-state index contributed by atoms with van der Waals surface area (Å²) in [6.07, 6.45) is 1.29. The highest BCUT2D eigenvalue weighted by Gasteiger charge is 2.13. The highest BCUT2D eigenvalue weighted by atomic mass is 16.3. The molecule has 1 aromatic heterocycles. The molecule has 2 unspecified atom stereocenters. The van der Waals surface area contributed by atoms with Gasteiger partial charge in [0, 0.05) is 5.56 Å². The molecule has 0 fully saturated rings. The zero-order valence-corrected chi connectivity index (χ0v) is 5.69. The lowest BCUT2D eigenvalue weighted by atomic mass is 10.1. The fraction of sp³-hybridized carbons (Fsp3) is 0.429. The lowest BCUT2D eigenvalue weighted by Crippen LogP contribution is -2.12. The fourth-order valence-corrected chi connectivity index (χ4v) is 0.722. The Labute approximate surface area is 58.9 Å². The van der Waals surface area contributed by atoms with Crippen molar-refractivity contribution in [1.29, 1.82) is 0 Å². The third-order valence-electron chi connectivity index (χ3n) is 1.34. The van der Waals surface area contributed by atoms with Crippen LogP contribution in [0.2, 0.25) is 0 Å². The van der Waals surface area contributed by atoms with Crippen molar-refractivity contribution in [3.8, 4) is 0 Å². The SMILES string of the molecule is CC(O)C(O)c1ccoc1. The second-order valence-corrected chi connectivity index (χ2v) is 2.24. The minimum atomic E-state index is -0.834. The third kappa shape index (κ3) is 1.37. The molecule has 2 N–H and O–H groups in total. The molecule has 0 saturated heterocycles. The van der Waals surface area contributed by atoms with Crippen LogP contribution in [-0.4, -0.2) is 16.3 Å². The first kappa shape index (κ1) is 7.31. The van der Waals surface area contributed by atoms with Crippen molar-refractivity contribution in [3.63, 3.8) is 0 Å². The molecule has 0 aliphatic heterocycles. The van der Waals surface area contributed by atoms with E-state index in [9.17, 15) is 5.11 Å². The number of aliphatic hydroxyl groups excluding tert-OH is 2. The minimum absolute atomic E-state index is 0.606. The molecule has 0 radical (unpaired) electrons. The van der Waals surface area contributed by atoms with E-state index < -0.39 is 12.2 Å². The van der Waals surface area contributed by atoms with Gasteiger partial charge in [-0.05, 0) is 13.0 Å². The zero-order valence-electron chi connectivity index (χ0n) is 5.69. The molecule has 3 nitrogen and oxygen atoms in total. The topological polar surface area (TPSA) is 53.6 Å². The lowest BCUT2D eigenvalue weighted by molar-refractivity contribution is 0.0302. The summed E-state index contributed by atoms with van der Waals surface area (Å²) < 4.78 is 4.71. The van der Waals surface area contributed by atoms with Crippen molar-refractivity contribution in [2.45, 2.75) is 19.1 Å². The van der Waals surface area contributed by atoms with Crippen LogP contribution in [0.4, 0.5) is 0 Å². The summed E-state index contributed by atoms with van der Waals surface area (Å²) in [5.41, 5.74) is 0.606. The second kappa shape index (κ2) is 2.86. The number of hydrogen-bond donors (Lipinski definition) is 2. The first-order chi connectivity index (χ1) is 4.72. The van der Waals surface area contributed by atoms with Gasteiger partial charge in [0.1, 0.15) is 6.10 Å². The largest absolute Gasteiger partial charge is 0.472 e. The van der Waals surface area contributed by atoms with E-state index >= 15 is 0 Å². The molecular formula is C7H10O3. The first-order valence-electron chi connectivity index (χ1n) is 3.10. The van der Waals surface area contributed by atoms with Gasteiger partial charge in [-0.15, -0.1) is 0 Å². The van der Waals surface area contributed by atoms with E-state index in [1.54, 1.807) is 6.07 Å². The van der Waals surface area contributed by atoms with Crippen molar-refractivity contribution in [1.82, 2.24) is 0 Å². The molecule has 0 spiro atoms. The van der Waals surface area contributed by atoms with Gasteiger partial charge in [-0.3, -0.25) is 0 Å². The highest BCUT2D eigenvalue weighted by molar-refractivity contribution is 5.09. The van der Waals surface area contributed by atoms with E-state index in [0.717, 1.165) is 0 Å². The molecule has 56 valence electrons. The van der Waals surface area contributed by atoms with Crippen LogP contribution >= 0.6 is 0 Å². The van der Waals surface area contributed by atoms with Crippen molar-refractivity contribution < 1.29 is 14.6 Å². The van der Waals surface area contributed by atoms with E-state index in [2.05, 4.69) is 0 Å². The van der Waals surface area contributed by atoms with Crippen LogP contribution in [0.3, 0.4) is 0 Å². The van der Waals surface area contributed by atoms with Crippen LogP contribution < -0.4 is 0 Å². The molecule has 0 aliphatic rings. The third-order valence-corrected chi connectivity index (χ3v) is 1.34. The van der Waals surface area contributed by atoms with E-state index in [0.29, 0.717) is 5.56 Å². The summed E-state index contributed by atoms with van der Waals surface area (Å²) in [6, 6.07) is 1.62. The summed E-state index contributed by atoms with van der Waals surface area (Å²) in [5, 5.41) is 18.1. The van der Waals surface area contributed by atoms with Gasteiger partial charge in [-0.25, -0.2) is 0 Å². The molecule has 10 heavy (non-hydrogen) atoms. The Morgan fingerprint density at radius 3 is 2.60 bits per heavy atom. The summed E-state index contributed by atoms with van der Waals surface area (Å²) in [5.74, 6) is 0. The zero-order chi connectivity index (χ0) is 7.56. The lowest BCUT2D eigenvalue weighted by Gasteiger charge is -2.09. The summed E-state index contributed by atoms with van der Waals surface area (Å²) in [4.78, 5) is 0. The molecule has 0 amide bonds. The van der Waals surface area contributed by atoms with Crippen LogP contribution in [0, 0.1) is 0 Å². The predicted molar refractivity (Wildman–Crippen MR) is 35.3 cm³/mol. The average Bonchev–Trinajstić information content (AvgIpc) is 2.36. The second-order valence-electron chi connectivity index (χ2n) is 2.24. The molecule has 0 bridgehead atoms. The van der Waals surface area contributed by atoms with Crippen LogP contribution in [0.15, 0.2) is 23.0 Å². The first-order valence-corrected chi connectivity index (χ1v) is 3.10. The molecule has 0 aromatic carbocycles. The number of furan rings is 1. The maximum absolute atomic E-state index is 9.18. The Bertz CT molecular complexity index is 179. The van der Waals surface area contributed by atoms with Crippen LogP contribution in [0.1, 0.15) is 18.6 Å². The van der Waals surface area contributed by atoms with E-state index in [1.165, 1.54) is 19.5 Å².